The maximum absolute atomic E-state index is 13.0. The van der Waals surface area contributed by atoms with Gasteiger partial charge in [0.25, 0.3) is 0 Å². The number of rotatable bonds is 4. The minimum absolute atomic E-state index is 0.128. The average Bonchev–Trinajstić information content (AvgIpc) is 2.60. The molecule has 1 saturated heterocycles. The summed E-state index contributed by atoms with van der Waals surface area (Å²) in [4.78, 5) is 15.0. The van der Waals surface area contributed by atoms with Crippen LogP contribution < -0.4 is 15.2 Å². The van der Waals surface area contributed by atoms with E-state index in [0.717, 1.165) is 36.4 Å². The van der Waals surface area contributed by atoms with Crippen molar-refractivity contribution in [3.63, 3.8) is 0 Å². The van der Waals surface area contributed by atoms with Crippen molar-refractivity contribution >= 4 is 5.91 Å². The highest BCUT2D eigenvalue weighted by Gasteiger charge is 2.35. The third-order valence-electron chi connectivity index (χ3n) is 5.13. The molecule has 0 saturated carbocycles. The van der Waals surface area contributed by atoms with Gasteiger partial charge >= 0.3 is 0 Å². The molecule has 132 valence electrons. The number of nitrogens with two attached hydrogens (primary N) is 1. The van der Waals surface area contributed by atoms with Crippen molar-refractivity contribution in [1.29, 1.82) is 0 Å². The van der Waals surface area contributed by atoms with E-state index in [1.807, 2.05) is 30.0 Å². The maximum atomic E-state index is 13.0. The third-order valence-corrected chi connectivity index (χ3v) is 5.13. The van der Waals surface area contributed by atoms with Gasteiger partial charge in [0.1, 0.15) is 18.1 Å². The van der Waals surface area contributed by atoms with Gasteiger partial charge in [-0.05, 0) is 55.9 Å². The summed E-state index contributed by atoms with van der Waals surface area (Å²) < 4.78 is 11.4. The van der Waals surface area contributed by atoms with Gasteiger partial charge in [0.15, 0.2) is 0 Å². The van der Waals surface area contributed by atoms with Gasteiger partial charge in [0.05, 0.1) is 12.5 Å². The molecule has 0 aliphatic carbocycles. The van der Waals surface area contributed by atoms with Crippen molar-refractivity contribution in [2.24, 2.45) is 17.6 Å². The third kappa shape index (κ3) is 3.51. The molecule has 0 spiro atoms. The Morgan fingerprint density at radius 3 is 3.04 bits per heavy atom. The van der Waals surface area contributed by atoms with Gasteiger partial charge in [0.2, 0.25) is 5.91 Å². The van der Waals surface area contributed by atoms with E-state index >= 15 is 0 Å². The molecule has 0 radical (unpaired) electrons. The Labute approximate surface area is 144 Å². The minimum atomic E-state index is -0.128. The summed E-state index contributed by atoms with van der Waals surface area (Å²) >= 11 is 0. The van der Waals surface area contributed by atoms with Gasteiger partial charge < -0.3 is 20.1 Å². The fourth-order valence-corrected chi connectivity index (χ4v) is 3.79. The van der Waals surface area contributed by atoms with Crippen molar-refractivity contribution in [2.75, 3.05) is 26.3 Å². The Bertz CT molecular complexity index is 590. The first-order valence-electron chi connectivity index (χ1n) is 9.01. The topological polar surface area (TPSA) is 64.8 Å². The first-order valence-corrected chi connectivity index (χ1v) is 9.01. The Morgan fingerprint density at radius 2 is 2.29 bits per heavy atom. The van der Waals surface area contributed by atoms with Crippen LogP contribution in [-0.4, -0.2) is 43.2 Å². The fourth-order valence-electron chi connectivity index (χ4n) is 3.79. The first-order chi connectivity index (χ1) is 11.6. The van der Waals surface area contributed by atoms with E-state index < -0.39 is 0 Å². The van der Waals surface area contributed by atoms with Crippen molar-refractivity contribution in [3.8, 4) is 11.5 Å². The molecule has 2 aliphatic heterocycles. The van der Waals surface area contributed by atoms with Crippen LogP contribution in [0.15, 0.2) is 18.2 Å². The number of benzene rings is 1. The molecule has 3 unspecified atom stereocenters. The molecule has 1 fully saturated rings. The molecule has 3 atom stereocenters. The standard InChI is InChI=1S/C19H28N2O3/c1-3-23-17-4-5-18-14(10-17)9-15(12-24-18)19(22)21-7-6-13(2)8-16(21)11-20/h4-5,10,13,15-16H,3,6-9,11-12,20H2,1-2H3. The molecule has 1 aromatic carbocycles. The molecule has 1 aromatic rings. The van der Waals surface area contributed by atoms with Crippen LogP contribution in [0.5, 0.6) is 11.5 Å². The highest BCUT2D eigenvalue weighted by molar-refractivity contribution is 5.80. The molecule has 2 heterocycles. The van der Waals surface area contributed by atoms with Crippen LogP contribution in [0.3, 0.4) is 0 Å². The summed E-state index contributed by atoms with van der Waals surface area (Å²) in [6, 6.07) is 6.02. The molecule has 5 heteroatoms. The second-order valence-electron chi connectivity index (χ2n) is 6.97. The quantitative estimate of drug-likeness (QED) is 0.918. The smallest absolute Gasteiger partial charge is 0.229 e. The predicted octanol–water partition coefficient (Wildman–Crippen LogP) is 2.22. The number of carbonyl (C=O) groups excluding carboxylic acids is 1. The fraction of sp³-hybridized carbons (Fsp3) is 0.632. The zero-order valence-corrected chi connectivity index (χ0v) is 14.7. The number of fused-ring (bicyclic) bond motifs is 1. The van der Waals surface area contributed by atoms with Crippen LogP contribution in [0.25, 0.3) is 0 Å². The number of piperidine rings is 1. The Balaban J connectivity index is 1.72. The van der Waals surface area contributed by atoms with Crippen LogP contribution in [0, 0.1) is 11.8 Å². The highest BCUT2D eigenvalue weighted by Crippen LogP contribution is 2.32. The number of carbonyl (C=O) groups is 1. The van der Waals surface area contributed by atoms with Crippen LogP contribution in [-0.2, 0) is 11.2 Å². The summed E-state index contributed by atoms with van der Waals surface area (Å²) in [5.74, 6) is 2.39. The minimum Gasteiger partial charge on any atom is -0.494 e. The van der Waals surface area contributed by atoms with E-state index in [0.29, 0.717) is 32.1 Å². The van der Waals surface area contributed by atoms with Crippen molar-refractivity contribution in [3.05, 3.63) is 23.8 Å². The van der Waals surface area contributed by atoms with Crippen LogP contribution >= 0.6 is 0 Å². The van der Waals surface area contributed by atoms with Crippen LogP contribution in [0.2, 0.25) is 0 Å². The summed E-state index contributed by atoms with van der Waals surface area (Å²) in [7, 11) is 0. The average molecular weight is 332 g/mol. The number of hydrogen-bond acceptors (Lipinski definition) is 4. The predicted molar refractivity (Wildman–Crippen MR) is 93.3 cm³/mol. The van der Waals surface area contributed by atoms with Gasteiger partial charge in [0, 0.05) is 19.1 Å². The molecule has 1 amide bonds. The molecule has 0 bridgehead atoms. The zero-order chi connectivity index (χ0) is 17.1. The first kappa shape index (κ1) is 17.1. The monoisotopic (exact) mass is 332 g/mol. The van der Waals surface area contributed by atoms with E-state index in [1.54, 1.807) is 0 Å². The van der Waals surface area contributed by atoms with Crippen molar-refractivity contribution < 1.29 is 14.3 Å². The molecule has 5 nitrogen and oxygen atoms in total. The van der Waals surface area contributed by atoms with Gasteiger partial charge in [-0.1, -0.05) is 6.92 Å². The van der Waals surface area contributed by atoms with Gasteiger partial charge in [-0.15, -0.1) is 0 Å². The van der Waals surface area contributed by atoms with E-state index in [1.165, 1.54) is 0 Å². The lowest BCUT2D eigenvalue weighted by Gasteiger charge is -2.40. The highest BCUT2D eigenvalue weighted by atomic mass is 16.5. The molecule has 2 aliphatic rings. The normalized spacial score (nSPS) is 26.5. The Kier molecular flexibility index (Phi) is 5.29. The molecule has 24 heavy (non-hydrogen) atoms. The van der Waals surface area contributed by atoms with Crippen molar-refractivity contribution in [2.45, 2.75) is 39.2 Å². The maximum Gasteiger partial charge on any atom is 0.229 e. The van der Waals surface area contributed by atoms with Gasteiger partial charge in [-0.3, -0.25) is 4.79 Å². The molecular formula is C19H28N2O3. The van der Waals surface area contributed by atoms with E-state index in [9.17, 15) is 4.79 Å². The summed E-state index contributed by atoms with van der Waals surface area (Å²) in [5.41, 5.74) is 6.97. The van der Waals surface area contributed by atoms with E-state index in [4.69, 9.17) is 15.2 Å². The second-order valence-corrected chi connectivity index (χ2v) is 6.97. The van der Waals surface area contributed by atoms with Crippen LogP contribution in [0.4, 0.5) is 0 Å². The molecule has 0 aromatic heterocycles. The summed E-state index contributed by atoms with van der Waals surface area (Å²) in [6.07, 6.45) is 2.76. The van der Waals surface area contributed by atoms with E-state index in [2.05, 4.69) is 6.92 Å². The number of likely N-dealkylation sites (tertiary alicyclic amines) is 1. The Morgan fingerprint density at radius 1 is 1.46 bits per heavy atom. The summed E-state index contributed by atoms with van der Waals surface area (Å²) in [6.45, 7) is 6.63. The number of ether oxygens (including phenoxy) is 2. The molecular weight excluding hydrogens is 304 g/mol. The SMILES string of the molecule is CCOc1ccc2c(c1)CC(C(=O)N1CCC(C)CC1CN)CO2. The van der Waals surface area contributed by atoms with E-state index in [-0.39, 0.29) is 17.9 Å². The molecule has 2 N–H and O–H groups in total. The lowest BCUT2D eigenvalue weighted by molar-refractivity contribution is -0.141. The Hall–Kier alpha value is -1.75. The lowest BCUT2D eigenvalue weighted by Crippen LogP contribution is -2.52. The molecule has 3 rings (SSSR count). The number of nitrogens with zero attached hydrogens (tertiary/aromatic N) is 1. The van der Waals surface area contributed by atoms with Crippen molar-refractivity contribution in [1.82, 2.24) is 4.90 Å². The summed E-state index contributed by atoms with van der Waals surface area (Å²) in [5, 5.41) is 0. The lowest BCUT2D eigenvalue weighted by atomic mass is 9.89. The largest absolute Gasteiger partial charge is 0.494 e. The number of amides is 1. The van der Waals surface area contributed by atoms with Crippen LogP contribution in [0.1, 0.15) is 32.3 Å². The van der Waals surface area contributed by atoms with Gasteiger partial charge in [-0.2, -0.15) is 0 Å². The zero-order valence-electron chi connectivity index (χ0n) is 14.7. The van der Waals surface area contributed by atoms with Gasteiger partial charge in [-0.25, -0.2) is 0 Å². The number of hydrogen-bond donors (Lipinski definition) is 1. The second kappa shape index (κ2) is 7.43.